The number of aliphatic hydroxyl groups is 1. The van der Waals surface area contributed by atoms with Crippen LogP contribution in [0.15, 0.2) is 18.2 Å². The summed E-state index contributed by atoms with van der Waals surface area (Å²) in [6, 6.07) is 6.60. The summed E-state index contributed by atoms with van der Waals surface area (Å²) in [5.74, 6) is 3.54. The number of rotatable bonds is 21. The van der Waals surface area contributed by atoms with Gasteiger partial charge in [-0.25, -0.2) is 0 Å². The Hall–Kier alpha value is -0.860. The lowest BCUT2D eigenvalue weighted by molar-refractivity contribution is -0.374. The second kappa shape index (κ2) is 18.9. The Bertz CT molecular complexity index is 1240. The molecule has 13 heteroatoms. The van der Waals surface area contributed by atoms with Gasteiger partial charge < -0.3 is 24.2 Å². The molecule has 3 aliphatic rings. The van der Waals surface area contributed by atoms with Gasteiger partial charge in [-0.2, -0.15) is 26.3 Å². The zero-order valence-electron chi connectivity index (χ0n) is 31.7. The lowest BCUT2D eigenvalue weighted by Crippen LogP contribution is -2.56. The molecule has 2 fully saturated rings. The van der Waals surface area contributed by atoms with E-state index < -0.39 is 24.6 Å². The van der Waals surface area contributed by atoms with Crippen LogP contribution in [-0.2, 0) is 15.9 Å². The van der Waals surface area contributed by atoms with E-state index in [2.05, 4.69) is 55.7 Å². The summed E-state index contributed by atoms with van der Waals surface area (Å²) in [5, 5.41) is 8.91. The summed E-state index contributed by atoms with van der Waals surface area (Å²) < 4.78 is 95.9. The molecule has 0 amide bonds. The first kappa shape index (κ1) is 43.9. The van der Waals surface area contributed by atoms with E-state index in [4.69, 9.17) is 14.6 Å². The summed E-state index contributed by atoms with van der Waals surface area (Å²) in [4.78, 5) is 2.34. The monoisotopic (exact) mass is 785 g/mol. The van der Waals surface area contributed by atoms with Crippen LogP contribution in [0.25, 0.3) is 0 Å². The van der Waals surface area contributed by atoms with Crippen LogP contribution in [0.4, 0.5) is 26.3 Å². The minimum Gasteiger partial charge on any atom is -0.492 e. The summed E-state index contributed by atoms with van der Waals surface area (Å²) in [5.41, 5.74) is -1.46. The summed E-state index contributed by atoms with van der Waals surface area (Å²) >= 11 is 0. The maximum Gasteiger partial charge on any atom is 0.426 e. The topological polar surface area (TPSA) is 51.2 Å². The Labute approximate surface area is 315 Å². The SMILES string of the molecule is CN(CCOc1ccc2c(c1)CCC1C2CCC2(C)C(OCCCOC(C)(C(F)(F)F)C(F)(F)F)CCC12)CCC(C)(C)SSCCCCCCO. The third-order valence-electron chi connectivity index (χ3n) is 11.9. The van der Waals surface area contributed by atoms with Crippen molar-refractivity contribution in [2.75, 3.05) is 52.3 Å². The van der Waals surface area contributed by atoms with E-state index in [9.17, 15) is 26.3 Å². The first-order valence-corrected chi connectivity index (χ1v) is 21.5. The standard InChI is InChI=1S/C39H61F6NO4S2/c1-35(2,52-51-26-9-7-6-8-22-47)19-20-46(5)21-25-48-29-12-14-30-28(27-29)11-13-32-31(30)17-18-36(3)33(32)15-16-34(36)49-23-10-24-50-37(4,38(40,41)42)39(43,44)45/h12,14,27,31-34,47H,6-11,13,15-26H2,1-5H3. The maximum atomic E-state index is 13.1. The number of aryl methyl sites for hydroxylation is 1. The molecule has 5 atom stereocenters. The third kappa shape index (κ3) is 11.1. The fourth-order valence-electron chi connectivity index (χ4n) is 8.52. The van der Waals surface area contributed by atoms with Crippen molar-refractivity contribution in [2.45, 2.75) is 139 Å². The number of likely N-dealkylation sites (N-methyl/N-ethyl adjacent to an activating group) is 1. The zero-order valence-corrected chi connectivity index (χ0v) is 33.3. The number of alkyl halides is 6. The van der Waals surface area contributed by atoms with Gasteiger partial charge in [0.1, 0.15) is 12.4 Å². The summed E-state index contributed by atoms with van der Waals surface area (Å²) in [6.07, 6.45) is 0.255. The molecule has 52 heavy (non-hydrogen) atoms. The second-order valence-corrected chi connectivity index (χ2v) is 19.3. The fraction of sp³-hybridized carbons (Fsp3) is 0.846. The number of nitrogens with zero attached hydrogens (tertiary/aromatic N) is 1. The normalized spacial score (nSPS) is 25.2. The smallest absolute Gasteiger partial charge is 0.426 e. The number of aliphatic hydroxyl groups excluding tert-OH is 1. The molecular formula is C39H61F6NO4S2. The molecule has 0 aliphatic heterocycles. The van der Waals surface area contributed by atoms with Crippen LogP contribution in [0.3, 0.4) is 0 Å². The number of benzene rings is 1. The average molecular weight is 786 g/mol. The van der Waals surface area contributed by atoms with Crippen molar-refractivity contribution in [3.8, 4) is 5.75 Å². The zero-order chi connectivity index (χ0) is 38.2. The number of halogens is 6. The highest BCUT2D eigenvalue weighted by Gasteiger charge is 2.69. The molecule has 1 N–H and O–H groups in total. The van der Waals surface area contributed by atoms with Crippen LogP contribution in [0.1, 0.15) is 115 Å². The van der Waals surface area contributed by atoms with Crippen molar-refractivity contribution in [1.82, 2.24) is 4.90 Å². The van der Waals surface area contributed by atoms with Gasteiger partial charge in [-0.1, -0.05) is 47.4 Å². The lowest BCUT2D eigenvalue weighted by Gasteiger charge is -2.50. The van der Waals surface area contributed by atoms with Gasteiger partial charge in [0.25, 0.3) is 5.60 Å². The van der Waals surface area contributed by atoms with Crippen LogP contribution < -0.4 is 4.74 Å². The molecule has 0 aromatic heterocycles. The third-order valence-corrected chi connectivity index (χ3v) is 15.4. The van der Waals surface area contributed by atoms with Crippen LogP contribution in [0.2, 0.25) is 0 Å². The highest BCUT2D eigenvalue weighted by Crippen LogP contribution is 2.61. The van der Waals surface area contributed by atoms with Crippen molar-refractivity contribution in [3.05, 3.63) is 29.3 Å². The molecule has 0 radical (unpaired) electrons. The highest BCUT2D eigenvalue weighted by molar-refractivity contribution is 8.77. The van der Waals surface area contributed by atoms with E-state index in [0.717, 1.165) is 82.4 Å². The minimum absolute atomic E-state index is 0.0378. The molecule has 5 unspecified atom stereocenters. The predicted molar refractivity (Wildman–Crippen MR) is 199 cm³/mol. The minimum atomic E-state index is -5.56. The molecule has 0 saturated heterocycles. The quantitative estimate of drug-likeness (QED) is 0.0757. The summed E-state index contributed by atoms with van der Waals surface area (Å²) in [7, 11) is 6.09. The predicted octanol–water partition coefficient (Wildman–Crippen LogP) is 10.6. The molecule has 300 valence electrons. The number of hydrogen-bond acceptors (Lipinski definition) is 7. The van der Waals surface area contributed by atoms with Gasteiger partial charge in [-0.05, 0) is 145 Å². The van der Waals surface area contributed by atoms with E-state index in [1.54, 1.807) is 0 Å². The van der Waals surface area contributed by atoms with Crippen LogP contribution in [0.5, 0.6) is 5.75 Å². The molecule has 1 aromatic carbocycles. The fourth-order valence-corrected chi connectivity index (χ4v) is 11.2. The molecule has 1 aromatic rings. The van der Waals surface area contributed by atoms with Gasteiger partial charge in [-0.3, -0.25) is 0 Å². The van der Waals surface area contributed by atoms with Gasteiger partial charge >= 0.3 is 12.4 Å². The van der Waals surface area contributed by atoms with Crippen LogP contribution in [-0.4, -0.2) is 91.1 Å². The van der Waals surface area contributed by atoms with Gasteiger partial charge in [0.05, 0.1) is 12.7 Å². The van der Waals surface area contributed by atoms with Crippen molar-refractivity contribution < 1.29 is 45.7 Å². The van der Waals surface area contributed by atoms with Gasteiger partial charge in [0.15, 0.2) is 0 Å². The Balaban J connectivity index is 1.18. The van der Waals surface area contributed by atoms with Gasteiger partial charge in [-0.15, -0.1) is 0 Å². The lowest BCUT2D eigenvalue weighted by atomic mass is 9.55. The van der Waals surface area contributed by atoms with Crippen molar-refractivity contribution in [1.29, 1.82) is 0 Å². The molecule has 0 heterocycles. The van der Waals surface area contributed by atoms with Crippen molar-refractivity contribution in [3.63, 3.8) is 0 Å². The molecule has 3 aliphatic carbocycles. The Kier molecular flexibility index (Phi) is 15.9. The number of fused-ring (bicyclic) bond motifs is 5. The molecular weight excluding hydrogens is 725 g/mol. The second-order valence-electron chi connectivity index (χ2n) is 16.2. The Morgan fingerprint density at radius 2 is 1.62 bits per heavy atom. The molecule has 0 bridgehead atoms. The average Bonchev–Trinajstić information content (AvgIpc) is 3.41. The van der Waals surface area contributed by atoms with E-state index >= 15 is 0 Å². The van der Waals surface area contributed by atoms with Crippen molar-refractivity contribution in [2.24, 2.45) is 17.3 Å². The molecule has 0 spiro atoms. The van der Waals surface area contributed by atoms with Gasteiger partial charge in [0.2, 0.25) is 0 Å². The summed E-state index contributed by atoms with van der Waals surface area (Å²) in [6.45, 7) is 9.12. The van der Waals surface area contributed by atoms with E-state index in [-0.39, 0.29) is 36.2 Å². The van der Waals surface area contributed by atoms with Crippen LogP contribution in [0, 0.1) is 17.3 Å². The van der Waals surface area contributed by atoms with E-state index in [1.165, 1.54) is 24.0 Å². The highest BCUT2D eigenvalue weighted by atomic mass is 33.1. The van der Waals surface area contributed by atoms with E-state index in [0.29, 0.717) is 31.0 Å². The first-order chi connectivity index (χ1) is 24.4. The largest absolute Gasteiger partial charge is 0.492 e. The number of unbranched alkanes of at least 4 members (excludes halogenated alkanes) is 3. The number of hydrogen-bond donors (Lipinski definition) is 1. The van der Waals surface area contributed by atoms with Crippen molar-refractivity contribution >= 4 is 21.6 Å². The first-order valence-electron chi connectivity index (χ1n) is 19.2. The van der Waals surface area contributed by atoms with E-state index in [1.807, 2.05) is 21.6 Å². The maximum absolute atomic E-state index is 13.1. The van der Waals surface area contributed by atoms with Gasteiger partial charge in [0, 0.05) is 30.3 Å². The Morgan fingerprint density at radius 1 is 0.885 bits per heavy atom. The molecule has 2 saturated carbocycles. The molecule has 5 nitrogen and oxygen atoms in total. The number of ether oxygens (including phenoxy) is 3. The van der Waals surface area contributed by atoms with Crippen LogP contribution >= 0.6 is 21.6 Å². The molecule has 4 rings (SSSR count). The Morgan fingerprint density at radius 3 is 2.33 bits per heavy atom.